The van der Waals surface area contributed by atoms with E-state index in [1.54, 1.807) is 18.4 Å². The summed E-state index contributed by atoms with van der Waals surface area (Å²) in [6, 6.07) is 16.4. The molecule has 1 amide bonds. The van der Waals surface area contributed by atoms with Gasteiger partial charge in [-0.05, 0) is 37.1 Å². The molecule has 1 aromatic heterocycles. The van der Waals surface area contributed by atoms with Gasteiger partial charge in [0, 0.05) is 43.9 Å². The molecule has 0 bridgehead atoms. The average molecular weight is 434 g/mol. The third-order valence-electron chi connectivity index (χ3n) is 6.39. The first-order chi connectivity index (χ1) is 15.2. The van der Waals surface area contributed by atoms with Crippen LogP contribution < -0.4 is 9.64 Å². The van der Waals surface area contributed by atoms with Crippen LogP contribution in [0, 0.1) is 5.92 Å². The molecule has 2 heterocycles. The minimum atomic E-state index is -0.0195. The van der Waals surface area contributed by atoms with E-state index in [-0.39, 0.29) is 17.7 Å². The van der Waals surface area contributed by atoms with Crippen molar-refractivity contribution in [3.05, 3.63) is 65.7 Å². The van der Waals surface area contributed by atoms with Crippen molar-refractivity contribution in [2.45, 2.75) is 18.8 Å². The Hall–Kier alpha value is -2.86. The normalized spacial score (nSPS) is 21.5. The number of amides is 1. The summed E-state index contributed by atoms with van der Waals surface area (Å²) < 4.78 is 6.56. The Balaban J connectivity index is 1.29. The first kappa shape index (κ1) is 20.1. The van der Waals surface area contributed by atoms with Gasteiger partial charge < -0.3 is 14.5 Å². The quantitative estimate of drug-likeness (QED) is 0.560. The molecule has 0 N–H and O–H groups in total. The smallest absolute Gasteiger partial charge is 0.226 e. The van der Waals surface area contributed by atoms with E-state index in [0.29, 0.717) is 0 Å². The van der Waals surface area contributed by atoms with Crippen LogP contribution in [0.15, 0.2) is 60.7 Å². The van der Waals surface area contributed by atoms with Crippen LogP contribution in [0.1, 0.15) is 23.8 Å². The van der Waals surface area contributed by atoms with E-state index in [4.69, 9.17) is 9.72 Å². The number of aromatic nitrogens is 1. The fourth-order valence-corrected chi connectivity index (χ4v) is 5.78. The number of anilines is 1. The summed E-state index contributed by atoms with van der Waals surface area (Å²) in [7, 11) is 1.69. The Morgan fingerprint density at radius 3 is 2.65 bits per heavy atom. The largest absolute Gasteiger partial charge is 0.497 e. The number of piperazine rings is 1. The molecule has 2 aliphatic rings. The highest BCUT2D eigenvalue weighted by Crippen LogP contribution is 2.39. The predicted octanol–water partition coefficient (Wildman–Crippen LogP) is 4.70. The van der Waals surface area contributed by atoms with E-state index in [9.17, 15) is 4.79 Å². The maximum Gasteiger partial charge on any atom is 0.226 e. The summed E-state index contributed by atoms with van der Waals surface area (Å²) in [4.78, 5) is 22.8. The highest BCUT2D eigenvalue weighted by Gasteiger charge is 2.35. The summed E-state index contributed by atoms with van der Waals surface area (Å²) in [5.41, 5.74) is 2.19. The molecule has 0 radical (unpaired) electrons. The molecule has 160 valence electrons. The monoisotopic (exact) mass is 433 g/mol. The molecule has 5 nitrogen and oxygen atoms in total. The molecule has 1 saturated heterocycles. The summed E-state index contributed by atoms with van der Waals surface area (Å²) in [5.74, 6) is 1.29. The van der Waals surface area contributed by atoms with Gasteiger partial charge in [-0.15, -0.1) is 11.3 Å². The van der Waals surface area contributed by atoms with Gasteiger partial charge >= 0.3 is 0 Å². The van der Waals surface area contributed by atoms with Gasteiger partial charge in [0.25, 0.3) is 0 Å². The maximum atomic E-state index is 13.5. The Morgan fingerprint density at radius 1 is 1.03 bits per heavy atom. The Kier molecular flexibility index (Phi) is 5.64. The lowest BCUT2D eigenvalue weighted by atomic mass is 9.82. The molecule has 1 aliphatic heterocycles. The molecule has 1 fully saturated rings. The molecule has 3 aromatic rings. The lowest BCUT2D eigenvalue weighted by molar-refractivity contribution is -0.136. The summed E-state index contributed by atoms with van der Waals surface area (Å²) >= 11 is 1.74. The number of hydrogen-bond acceptors (Lipinski definition) is 5. The predicted molar refractivity (Wildman–Crippen MR) is 126 cm³/mol. The van der Waals surface area contributed by atoms with Crippen molar-refractivity contribution in [1.82, 2.24) is 9.88 Å². The van der Waals surface area contributed by atoms with Gasteiger partial charge in [-0.1, -0.05) is 30.4 Å². The van der Waals surface area contributed by atoms with Crippen molar-refractivity contribution in [3.8, 4) is 5.75 Å². The number of allylic oxidation sites excluding steroid dienone is 2. The van der Waals surface area contributed by atoms with Crippen molar-refractivity contribution in [1.29, 1.82) is 0 Å². The van der Waals surface area contributed by atoms with E-state index < -0.39 is 0 Å². The third-order valence-corrected chi connectivity index (χ3v) is 7.56. The summed E-state index contributed by atoms with van der Waals surface area (Å²) in [6.07, 6.45) is 6.07. The highest BCUT2D eigenvalue weighted by atomic mass is 32.1. The highest BCUT2D eigenvalue weighted by molar-refractivity contribution is 7.18. The number of thiazole rings is 1. The first-order valence-corrected chi connectivity index (χ1v) is 11.7. The lowest BCUT2D eigenvalue weighted by Gasteiger charge is -2.39. The average Bonchev–Trinajstić information content (AvgIpc) is 3.28. The number of ether oxygens (including phenoxy) is 1. The van der Waals surface area contributed by atoms with Gasteiger partial charge in [-0.25, -0.2) is 4.98 Å². The summed E-state index contributed by atoms with van der Waals surface area (Å²) in [5, 5.41) is 1.10. The van der Waals surface area contributed by atoms with Crippen LogP contribution >= 0.6 is 11.3 Å². The number of benzene rings is 2. The van der Waals surface area contributed by atoms with Crippen molar-refractivity contribution < 1.29 is 9.53 Å². The Morgan fingerprint density at radius 2 is 1.84 bits per heavy atom. The molecule has 2 atom stereocenters. The van der Waals surface area contributed by atoms with Gasteiger partial charge in [-0.2, -0.15) is 0 Å². The molecule has 6 heteroatoms. The van der Waals surface area contributed by atoms with Crippen LogP contribution in [-0.4, -0.2) is 49.1 Å². The zero-order valence-electron chi connectivity index (χ0n) is 17.7. The second kappa shape index (κ2) is 8.71. The SMILES string of the molecule is COc1cccc(N2CCN(C(=O)C3CC=CCC3c3nc4ccccc4s3)CC2)c1. The maximum absolute atomic E-state index is 13.5. The van der Waals surface area contributed by atoms with Crippen molar-refractivity contribution in [3.63, 3.8) is 0 Å². The van der Waals surface area contributed by atoms with E-state index in [0.717, 1.165) is 61.0 Å². The molecule has 0 spiro atoms. The van der Waals surface area contributed by atoms with Crippen LogP contribution in [0.3, 0.4) is 0 Å². The van der Waals surface area contributed by atoms with E-state index in [1.807, 2.05) is 18.2 Å². The molecule has 0 saturated carbocycles. The molecule has 31 heavy (non-hydrogen) atoms. The number of rotatable bonds is 4. The molecular weight excluding hydrogens is 406 g/mol. The van der Waals surface area contributed by atoms with Gasteiger partial charge in [0.05, 0.1) is 28.3 Å². The molecule has 1 aliphatic carbocycles. The van der Waals surface area contributed by atoms with Gasteiger partial charge in [0.15, 0.2) is 0 Å². The topological polar surface area (TPSA) is 45.7 Å². The fourth-order valence-electron chi connectivity index (χ4n) is 4.64. The molecular formula is C25H27N3O2S. The van der Waals surface area contributed by atoms with E-state index in [1.165, 1.54) is 4.70 Å². The third kappa shape index (κ3) is 4.04. The van der Waals surface area contributed by atoms with Crippen LogP contribution in [0.25, 0.3) is 10.2 Å². The second-order valence-corrected chi connectivity index (χ2v) is 9.25. The number of hydrogen-bond donors (Lipinski definition) is 0. The van der Waals surface area contributed by atoms with Crippen LogP contribution in [0.4, 0.5) is 5.69 Å². The number of carbonyl (C=O) groups excluding carboxylic acids is 1. The zero-order chi connectivity index (χ0) is 21.2. The van der Waals surface area contributed by atoms with Gasteiger partial charge in [0.2, 0.25) is 5.91 Å². The number of para-hydroxylation sites is 1. The second-order valence-electron chi connectivity index (χ2n) is 8.19. The number of methoxy groups -OCH3 is 1. The van der Waals surface area contributed by atoms with Gasteiger partial charge in [0.1, 0.15) is 5.75 Å². The Bertz CT molecular complexity index is 1070. The fraction of sp³-hybridized carbons (Fsp3) is 0.360. The minimum Gasteiger partial charge on any atom is -0.497 e. The Labute approximate surface area is 187 Å². The number of nitrogens with zero attached hydrogens (tertiary/aromatic N) is 3. The minimum absolute atomic E-state index is 0.0195. The van der Waals surface area contributed by atoms with Crippen molar-refractivity contribution in [2.75, 3.05) is 38.2 Å². The standard InChI is InChI=1S/C25H27N3O2S/c1-30-19-8-6-7-18(17-19)27-13-15-28(16-14-27)25(29)21-10-3-2-9-20(21)24-26-22-11-4-5-12-23(22)31-24/h2-8,11-12,17,20-21H,9-10,13-16H2,1H3. The van der Waals surface area contributed by atoms with Crippen LogP contribution in [0.5, 0.6) is 5.75 Å². The molecule has 2 aromatic carbocycles. The molecule has 5 rings (SSSR count). The van der Waals surface area contributed by atoms with E-state index >= 15 is 0 Å². The summed E-state index contributed by atoms with van der Waals surface area (Å²) in [6.45, 7) is 3.19. The zero-order valence-corrected chi connectivity index (χ0v) is 18.6. The van der Waals surface area contributed by atoms with Crippen molar-refractivity contribution >= 4 is 33.1 Å². The van der Waals surface area contributed by atoms with Crippen LogP contribution in [-0.2, 0) is 4.79 Å². The number of fused-ring (bicyclic) bond motifs is 1. The number of carbonyl (C=O) groups is 1. The lowest BCUT2D eigenvalue weighted by Crippen LogP contribution is -2.51. The molecule has 2 unspecified atom stereocenters. The van der Waals surface area contributed by atoms with Crippen molar-refractivity contribution in [2.24, 2.45) is 5.92 Å². The first-order valence-electron chi connectivity index (χ1n) is 10.9. The van der Waals surface area contributed by atoms with E-state index in [2.05, 4.69) is 52.3 Å². The van der Waals surface area contributed by atoms with Crippen LogP contribution in [0.2, 0.25) is 0 Å². The van der Waals surface area contributed by atoms with Gasteiger partial charge in [-0.3, -0.25) is 4.79 Å².